The van der Waals surface area contributed by atoms with E-state index in [1.54, 1.807) is 17.5 Å². The van der Waals surface area contributed by atoms with Gasteiger partial charge >= 0.3 is 5.97 Å². The Morgan fingerprint density at radius 1 is 1.03 bits per heavy atom. The summed E-state index contributed by atoms with van der Waals surface area (Å²) in [4.78, 5) is 28.5. The third-order valence-corrected chi connectivity index (χ3v) is 5.97. The molecule has 0 aliphatic rings. The molecule has 29 heavy (non-hydrogen) atoms. The van der Waals surface area contributed by atoms with Crippen LogP contribution < -0.4 is 0 Å². The van der Waals surface area contributed by atoms with E-state index < -0.39 is 5.97 Å². The van der Waals surface area contributed by atoms with Gasteiger partial charge in [0.15, 0.2) is 5.76 Å². The molecule has 0 spiro atoms. The highest BCUT2D eigenvalue weighted by Gasteiger charge is 2.24. The van der Waals surface area contributed by atoms with Crippen molar-refractivity contribution in [2.75, 3.05) is 0 Å². The maximum atomic E-state index is 12.8. The quantitative estimate of drug-likeness (QED) is 0.366. The summed E-state index contributed by atoms with van der Waals surface area (Å²) in [5.41, 5.74) is 3.18. The van der Waals surface area contributed by atoms with Crippen molar-refractivity contribution in [1.29, 1.82) is 0 Å². The van der Waals surface area contributed by atoms with Crippen molar-refractivity contribution in [3.63, 3.8) is 0 Å². The van der Waals surface area contributed by atoms with E-state index in [0.717, 1.165) is 21.9 Å². The summed E-state index contributed by atoms with van der Waals surface area (Å²) < 4.78 is 5.64. The lowest BCUT2D eigenvalue weighted by atomic mass is 10.0. The molecule has 2 aromatic carbocycles. The molecule has 0 radical (unpaired) electrons. The lowest BCUT2D eigenvalue weighted by molar-refractivity contribution is 0.0697. The summed E-state index contributed by atoms with van der Waals surface area (Å²) in [6, 6.07) is 16.8. The number of carbonyl (C=O) groups excluding carboxylic acids is 1. The molecule has 3 aromatic heterocycles. The van der Waals surface area contributed by atoms with E-state index in [1.807, 2.05) is 48.7 Å². The Hall–Kier alpha value is -3.64. The Balaban J connectivity index is 1.54. The van der Waals surface area contributed by atoms with Gasteiger partial charge in [-0.25, -0.2) is 4.79 Å². The van der Waals surface area contributed by atoms with E-state index in [9.17, 15) is 14.7 Å². The number of aromatic nitrogens is 1. The first-order valence-corrected chi connectivity index (χ1v) is 9.91. The molecule has 142 valence electrons. The maximum Gasteiger partial charge on any atom is 0.337 e. The number of nitrogens with one attached hydrogen (secondary N) is 1. The average molecular weight is 401 g/mol. The number of aromatic carboxylic acids is 1. The number of hydrogen-bond donors (Lipinski definition) is 2. The number of para-hydroxylation sites is 2. The van der Waals surface area contributed by atoms with Crippen LogP contribution >= 0.6 is 11.3 Å². The van der Waals surface area contributed by atoms with Gasteiger partial charge in [-0.1, -0.05) is 36.4 Å². The number of carboxylic acids is 1. The van der Waals surface area contributed by atoms with Crippen molar-refractivity contribution in [2.24, 2.45) is 0 Å². The minimum atomic E-state index is -1.04. The van der Waals surface area contributed by atoms with Gasteiger partial charge in [0.1, 0.15) is 5.58 Å². The summed E-state index contributed by atoms with van der Waals surface area (Å²) in [7, 11) is 0. The van der Waals surface area contributed by atoms with Crippen LogP contribution in [0.25, 0.3) is 33.0 Å². The number of aromatic amines is 1. The van der Waals surface area contributed by atoms with E-state index >= 15 is 0 Å². The number of ketones is 1. The summed E-state index contributed by atoms with van der Waals surface area (Å²) in [6.07, 6.45) is 1.79. The van der Waals surface area contributed by atoms with Crippen LogP contribution in [-0.2, 0) is 6.42 Å². The van der Waals surface area contributed by atoms with Crippen LogP contribution in [0.15, 0.2) is 70.6 Å². The van der Waals surface area contributed by atoms with Crippen LogP contribution in [0.4, 0.5) is 0 Å². The first-order valence-electron chi connectivity index (χ1n) is 9.04. The summed E-state index contributed by atoms with van der Waals surface area (Å²) in [5.74, 6) is -1.04. The van der Waals surface area contributed by atoms with Crippen molar-refractivity contribution in [2.45, 2.75) is 6.42 Å². The molecule has 0 atom stereocenters. The first-order chi connectivity index (χ1) is 14.1. The van der Waals surface area contributed by atoms with Gasteiger partial charge in [0.05, 0.1) is 5.56 Å². The Morgan fingerprint density at radius 3 is 2.66 bits per heavy atom. The molecule has 3 heterocycles. The largest absolute Gasteiger partial charge is 0.478 e. The molecular weight excluding hydrogens is 386 g/mol. The standard InChI is InChI=1S/C23H15NO4S/c25-18(20-9-13-5-1-4-8-19(13)28-20)10-21-22(23(26)27)16(12-29-21)15-11-24-17-7-3-2-6-14(15)17/h1-9,11-12,24H,10H2,(H,26,27). The number of hydrogen-bond acceptors (Lipinski definition) is 4. The number of furan rings is 1. The zero-order chi connectivity index (χ0) is 20.0. The van der Waals surface area contributed by atoms with Gasteiger partial charge in [0.2, 0.25) is 5.78 Å². The normalized spacial score (nSPS) is 11.3. The molecule has 5 rings (SSSR count). The third-order valence-electron chi connectivity index (χ3n) is 4.98. The van der Waals surface area contributed by atoms with Crippen LogP contribution in [0.2, 0.25) is 0 Å². The molecule has 0 saturated heterocycles. The number of thiophene rings is 1. The molecule has 5 nitrogen and oxygen atoms in total. The molecule has 0 aliphatic carbocycles. The molecule has 5 aromatic rings. The fourth-order valence-corrected chi connectivity index (χ4v) is 4.64. The second-order valence-corrected chi connectivity index (χ2v) is 7.71. The van der Waals surface area contributed by atoms with Crippen molar-refractivity contribution in [3.8, 4) is 11.1 Å². The van der Waals surface area contributed by atoms with Gasteiger partial charge in [-0.05, 0) is 23.6 Å². The number of H-pyrrole nitrogens is 1. The van der Waals surface area contributed by atoms with Crippen LogP contribution in [0.5, 0.6) is 0 Å². The number of rotatable bonds is 5. The average Bonchev–Trinajstić information content (AvgIpc) is 3.43. The summed E-state index contributed by atoms with van der Waals surface area (Å²) >= 11 is 1.28. The van der Waals surface area contributed by atoms with Crippen molar-refractivity contribution >= 4 is 45.0 Å². The lowest BCUT2D eigenvalue weighted by Gasteiger charge is -2.02. The molecule has 0 amide bonds. The predicted molar refractivity (Wildman–Crippen MR) is 113 cm³/mol. The van der Waals surface area contributed by atoms with Crippen LogP contribution in [0.3, 0.4) is 0 Å². The van der Waals surface area contributed by atoms with E-state index in [-0.39, 0.29) is 23.5 Å². The number of carbonyl (C=O) groups is 2. The summed E-state index contributed by atoms with van der Waals surface area (Å²) in [6.45, 7) is 0. The zero-order valence-corrected chi connectivity index (χ0v) is 16.0. The first kappa shape index (κ1) is 17.5. The predicted octanol–water partition coefficient (Wildman–Crippen LogP) is 5.77. The monoisotopic (exact) mass is 401 g/mol. The zero-order valence-electron chi connectivity index (χ0n) is 15.1. The van der Waals surface area contributed by atoms with Crippen LogP contribution in [0, 0.1) is 0 Å². The molecule has 0 aliphatic heterocycles. The Labute approximate surface area is 169 Å². The lowest BCUT2D eigenvalue weighted by Crippen LogP contribution is -2.06. The molecule has 0 fully saturated rings. The van der Waals surface area contributed by atoms with E-state index in [1.165, 1.54) is 11.3 Å². The third kappa shape index (κ3) is 2.94. The number of benzene rings is 2. The fraction of sp³-hybridized carbons (Fsp3) is 0.0435. The smallest absolute Gasteiger partial charge is 0.337 e. The Bertz CT molecular complexity index is 1360. The van der Waals surface area contributed by atoms with E-state index in [0.29, 0.717) is 16.0 Å². The summed E-state index contributed by atoms with van der Waals surface area (Å²) in [5, 5.41) is 13.5. The highest BCUT2D eigenvalue weighted by molar-refractivity contribution is 7.11. The second-order valence-electron chi connectivity index (χ2n) is 6.75. The molecule has 0 unspecified atom stereocenters. The molecule has 6 heteroatoms. The van der Waals surface area contributed by atoms with E-state index in [4.69, 9.17) is 4.42 Å². The van der Waals surface area contributed by atoms with Crippen molar-refractivity contribution in [3.05, 3.63) is 82.4 Å². The van der Waals surface area contributed by atoms with Gasteiger partial charge in [-0.2, -0.15) is 0 Å². The molecule has 0 saturated carbocycles. The second kappa shape index (κ2) is 6.76. The minimum Gasteiger partial charge on any atom is -0.478 e. The molecular formula is C23H15NO4S. The van der Waals surface area contributed by atoms with Gasteiger partial charge in [0, 0.05) is 44.9 Å². The topological polar surface area (TPSA) is 83.3 Å². The van der Waals surface area contributed by atoms with Crippen molar-refractivity contribution < 1.29 is 19.1 Å². The fourth-order valence-electron chi connectivity index (χ4n) is 3.61. The maximum absolute atomic E-state index is 12.8. The molecule has 0 bridgehead atoms. The minimum absolute atomic E-state index is 0.0194. The van der Waals surface area contributed by atoms with Gasteiger partial charge in [-0.3, -0.25) is 4.79 Å². The number of carboxylic acid groups (broad SMARTS) is 1. The van der Waals surface area contributed by atoms with Crippen LogP contribution in [0.1, 0.15) is 25.8 Å². The highest BCUT2D eigenvalue weighted by Crippen LogP contribution is 2.36. The number of Topliss-reactive ketones (excluding diaryl/α,β-unsaturated/α-hetero) is 1. The van der Waals surface area contributed by atoms with Gasteiger partial charge in [-0.15, -0.1) is 11.3 Å². The Kier molecular flexibility index (Phi) is 4.07. The highest BCUT2D eigenvalue weighted by atomic mass is 32.1. The number of fused-ring (bicyclic) bond motifs is 2. The van der Waals surface area contributed by atoms with Crippen molar-refractivity contribution in [1.82, 2.24) is 4.98 Å². The molecule has 2 N–H and O–H groups in total. The van der Waals surface area contributed by atoms with Crippen LogP contribution in [-0.4, -0.2) is 21.8 Å². The SMILES string of the molecule is O=C(Cc1scc(-c2c[nH]c3ccccc23)c1C(=O)O)c1cc2ccccc2o1. The van der Waals surface area contributed by atoms with Gasteiger partial charge in [0.25, 0.3) is 0 Å². The van der Waals surface area contributed by atoms with E-state index in [2.05, 4.69) is 4.98 Å². The Morgan fingerprint density at radius 2 is 1.83 bits per heavy atom. The van der Waals surface area contributed by atoms with Gasteiger partial charge < -0.3 is 14.5 Å².